The highest BCUT2D eigenvalue weighted by Crippen LogP contribution is 2.27. The molecule has 0 aliphatic carbocycles. The summed E-state index contributed by atoms with van der Waals surface area (Å²) < 4.78 is 11.0. The van der Waals surface area contributed by atoms with Gasteiger partial charge in [0.25, 0.3) is 0 Å². The van der Waals surface area contributed by atoms with E-state index in [1.807, 2.05) is 0 Å². The maximum absolute atomic E-state index is 5.96. The number of hydrogen-bond acceptors (Lipinski definition) is 3. The summed E-state index contributed by atoms with van der Waals surface area (Å²) in [6.07, 6.45) is 2.36. The molecule has 2 rings (SSSR count). The molecule has 0 amide bonds. The molecule has 1 aromatic rings. The zero-order valence-electron chi connectivity index (χ0n) is 8.41. The van der Waals surface area contributed by atoms with Crippen LogP contribution >= 0.6 is 11.6 Å². The topological polar surface area (TPSA) is 44.5 Å². The Bertz CT molecular complexity index is 337. The van der Waals surface area contributed by atoms with E-state index in [-0.39, 0.29) is 6.10 Å². The maximum atomic E-state index is 5.96. The summed E-state index contributed by atoms with van der Waals surface area (Å²) in [5.74, 6) is 0.632. The van der Waals surface area contributed by atoms with Crippen LogP contribution in [0.4, 0.5) is 5.69 Å². The van der Waals surface area contributed by atoms with Crippen molar-refractivity contribution in [2.24, 2.45) is 0 Å². The second-order valence-electron chi connectivity index (χ2n) is 3.64. The molecule has 3 nitrogen and oxygen atoms in total. The summed E-state index contributed by atoms with van der Waals surface area (Å²) in [5.41, 5.74) is 6.30. The number of halogens is 1. The third-order valence-electron chi connectivity index (χ3n) is 2.40. The fourth-order valence-electron chi connectivity index (χ4n) is 1.59. The summed E-state index contributed by atoms with van der Waals surface area (Å²) >= 11 is 5.96. The Hall–Kier alpha value is -0.930. The fraction of sp³-hybridized carbons (Fsp3) is 0.455. The lowest BCUT2D eigenvalue weighted by Gasteiger charge is -2.12. The van der Waals surface area contributed by atoms with Crippen molar-refractivity contribution in [3.63, 3.8) is 0 Å². The highest BCUT2D eigenvalue weighted by atomic mass is 35.5. The van der Waals surface area contributed by atoms with Gasteiger partial charge in [0.1, 0.15) is 12.4 Å². The molecule has 0 aromatic heterocycles. The minimum atomic E-state index is 0.197. The van der Waals surface area contributed by atoms with E-state index in [2.05, 4.69) is 0 Å². The van der Waals surface area contributed by atoms with Gasteiger partial charge in [-0.1, -0.05) is 11.6 Å². The molecule has 1 atom stereocenters. The summed E-state index contributed by atoms with van der Waals surface area (Å²) in [4.78, 5) is 0. The van der Waals surface area contributed by atoms with Gasteiger partial charge in [-0.2, -0.15) is 0 Å². The lowest BCUT2D eigenvalue weighted by molar-refractivity contribution is 0.0680. The van der Waals surface area contributed by atoms with Crippen molar-refractivity contribution in [2.45, 2.75) is 18.9 Å². The Balaban J connectivity index is 1.94. The molecular formula is C11H14ClNO2. The molecule has 0 spiro atoms. The second-order valence-corrected chi connectivity index (χ2v) is 4.04. The molecule has 0 saturated carbocycles. The number of benzene rings is 1. The minimum absolute atomic E-state index is 0.197. The monoisotopic (exact) mass is 227 g/mol. The van der Waals surface area contributed by atoms with E-state index in [9.17, 15) is 0 Å². The lowest BCUT2D eigenvalue weighted by Crippen LogP contribution is -2.16. The Morgan fingerprint density at radius 3 is 3.13 bits per heavy atom. The van der Waals surface area contributed by atoms with Crippen LogP contribution in [0.1, 0.15) is 12.8 Å². The van der Waals surface area contributed by atoms with E-state index in [0.29, 0.717) is 23.1 Å². The normalized spacial score (nSPS) is 20.5. The minimum Gasteiger partial charge on any atom is -0.489 e. The first-order valence-corrected chi connectivity index (χ1v) is 5.43. The summed E-state index contributed by atoms with van der Waals surface area (Å²) in [7, 11) is 0. The molecular weight excluding hydrogens is 214 g/mol. The number of ether oxygens (including phenoxy) is 2. The van der Waals surface area contributed by atoms with Gasteiger partial charge in [0.2, 0.25) is 0 Å². The molecule has 1 heterocycles. The molecule has 1 saturated heterocycles. The van der Waals surface area contributed by atoms with Crippen molar-refractivity contribution in [1.29, 1.82) is 0 Å². The number of nitrogen functional groups attached to an aromatic ring is 1. The van der Waals surface area contributed by atoms with E-state index in [4.69, 9.17) is 26.8 Å². The van der Waals surface area contributed by atoms with E-state index >= 15 is 0 Å². The van der Waals surface area contributed by atoms with Gasteiger partial charge in [0, 0.05) is 18.4 Å². The highest BCUT2D eigenvalue weighted by molar-refractivity contribution is 6.32. The van der Waals surface area contributed by atoms with Crippen LogP contribution in [0.5, 0.6) is 5.75 Å². The average Bonchev–Trinajstić information content (AvgIpc) is 2.72. The summed E-state index contributed by atoms with van der Waals surface area (Å²) in [6.45, 7) is 1.38. The van der Waals surface area contributed by atoms with Gasteiger partial charge in [0.15, 0.2) is 0 Å². The van der Waals surface area contributed by atoms with Crippen LogP contribution in [0.25, 0.3) is 0 Å². The van der Waals surface area contributed by atoms with Crippen LogP contribution in [-0.2, 0) is 4.74 Å². The SMILES string of the molecule is Nc1ccc(Cl)c(OC[C@@H]2CCCO2)c1. The van der Waals surface area contributed by atoms with Crippen LogP contribution in [0.15, 0.2) is 18.2 Å². The van der Waals surface area contributed by atoms with Gasteiger partial charge in [-0.25, -0.2) is 0 Å². The third-order valence-corrected chi connectivity index (χ3v) is 2.72. The molecule has 1 aliphatic rings. The maximum Gasteiger partial charge on any atom is 0.140 e. The molecule has 2 N–H and O–H groups in total. The summed E-state index contributed by atoms with van der Waals surface area (Å²) in [5, 5.41) is 0.585. The molecule has 0 radical (unpaired) electrons. The number of anilines is 1. The van der Waals surface area contributed by atoms with Crippen molar-refractivity contribution >= 4 is 17.3 Å². The van der Waals surface area contributed by atoms with E-state index in [1.165, 1.54) is 0 Å². The van der Waals surface area contributed by atoms with Crippen molar-refractivity contribution in [3.05, 3.63) is 23.2 Å². The molecule has 15 heavy (non-hydrogen) atoms. The van der Waals surface area contributed by atoms with Crippen LogP contribution in [0, 0.1) is 0 Å². The number of rotatable bonds is 3. The van der Waals surface area contributed by atoms with Gasteiger partial charge in [-0.3, -0.25) is 0 Å². The number of hydrogen-bond donors (Lipinski definition) is 1. The van der Waals surface area contributed by atoms with Crippen LogP contribution in [0.3, 0.4) is 0 Å². The van der Waals surface area contributed by atoms with Crippen molar-refractivity contribution in [1.82, 2.24) is 0 Å². The second kappa shape index (κ2) is 4.73. The highest BCUT2D eigenvalue weighted by Gasteiger charge is 2.16. The Morgan fingerprint density at radius 2 is 2.40 bits per heavy atom. The Morgan fingerprint density at radius 1 is 1.53 bits per heavy atom. The lowest BCUT2D eigenvalue weighted by atomic mass is 10.2. The number of nitrogens with two attached hydrogens (primary N) is 1. The molecule has 1 fully saturated rings. The quantitative estimate of drug-likeness (QED) is 0.807. The molecule has 1 aliphatic heterocycles. The molecule has 4 heteroatoms. The zero-order valence-corrected chi connectivity index (χ0v) is 9.17. The first-order valence-electron chi connectivity index (χ1n) is 5.05. The predicted octanol–water partition coefficient (Wildman–Crippen LogP) is 2.48. The van der Waals surface area contributed by atoms with Crippen LogP contribution in [0.2, 0.25) is 5.02 Å². The molecule has 0 bridgehead atoms. The zero-order chi connectivity index (χ0) is 10.7. The Kier molecular flexibility index (Phi) is 3.34. The van der Waals surface area contributed by atoms with Gasteiger partial charge in [0.05, 0.1) is 11.1 Å². The van der Waals surface area contributed by atoms with Gasteiger partial charge in [-0.15, -0.1) is 0 Å². The van der Waals surface area contributed by atoms with Crippen molar-refractivity contribution < 1.29 is 9.47 Å². The van der Waals surface area contributed by atoms with Crippen LogP contribution < -0.4 is 10.5 Å². The standard InChI is InChI=1S/C11H14ClNO2/c12-10-4-3-8(13)6-11(10)15-7-9-2-1-5-14-9/h3-4,6,9H,1-2,5,7,13H2/t9-/m0/s1. The van der Waals surface area contributed by atoms with Crippen molar-refractivity contribution in [3.8, 4) is 5.75 Å². The third kappa shape index (κ3) is 2.76. The smallest absolute Gasteiger partial charge is 0.140 e. The largest absolute Gasteiger partial charge is 0.489 e. The van der Waals surface area contributed by atoms with Crippen LogP contribution in [-0.4, -0.2) is 19.3 Å². The first-order chi connectivity index (χ1) is 7.25. The van der Waals surface area contributed by atoms with E-state index in [0.717, 1.165) is 19.4 Å². The van der Waals surface area contributed by atoms with Gasteiger partial charge in [-0.05, 0) is 25.0 Å². The molecule has 1 aromatic carbocycles. The van der Waals surface area contributed by atoms with Gasteiger partial charge < -0.3 is 15.2 Å². The fourth-order valence-corrected chi connectivity index (χ4v) is 1.76. The average molecular weight is 228 g/mol. The van der Waals surface area contributed by atoms with Gasteiger partial charge >= 0.3 is 0 Å². The Labute approximate surface area is 94.1 Å². The predicted molar refractivity (Wildman–Crippen MR) is 60.3 cm³/mol. The van der Waals surface area contributed by atoms with Crippen molar-refractivity contribution in [2.75, 3.05) is 18.9 Å². The first kappa shape index (κ1) is 10.6. The van der Waals surface area contributed by atoms with E-state index in [1.54, 1.807) is 18.2 Å². The molecule has 0 unspecified atom stereocenters. The summed E-state index contributed by atoms with van der Waals surface area (Å²) in [6, 6.07) is 5.22. The van der Waals surface area contributed by atoms with E-state index < -0.39 is 0 Å². The molecule has 82 valence electrons.